The van der Waals surface area contributed by atoms with Crippen LogP contribution in [0.15, 0.2) is 47.6 Å². The number of benzene rings is 2. The fraction of sp³-hybridized carbons (Fsp3) is 0.286. The van der Waals surface area contributed by atoms with Crippen molar-refractivity contribution in [2.24, 2.45) is 5.10 Å². The minimum atomic E-state index is -0.471. The summed E-state index contributed by atoms with van der Waals surface area (Å²) in [4.78, 5) is 14.0. The Bertz CT molecular complexity index is 930. The van der Waals surface area contributed by atoms with E-state index in [0.717, 1.165) is 25.9 Å². The zero-order valence-corrected chi connectivity index (χ0v) is 15.6. The third-order valence-corrected chi connectivity index (χ3v) is 4.53. The van der Waals surface area contributed by atoms with E-state index in [4.69, 9.17) is 10.00 Å². The van der Waals surface area contributed by atoms with Gasteiger partial charge in [-0.25, -0.2) is 9.82 Å². The van der Waals surface area contributed by atoms with Gasteiger partial charge in [-0.1, -0.05) is 18.2 Å². The number of nitrogens with zero attached hydrogens (tertiary/aromatic N) is 3. The molecule has 3 rings (SSSR count). The Labute approximate surface area is 163 Å². The van der Waals surface area contributed by atoms with Crippen molar-refractivity contribution in [3.05, 3.63) is 59.4 Å². The second kappa shape index (κ2) is 9.00. The largest absolute Gasteiger partial charge is 0.482 e. The smallest absolute Gasteiger partial charge is 0.277 e. The Balaban J connectivity index is 1.58. The average molecular weight is 380 g/mol. The van der Waals surface area contributed by atoms with Crippen LogP contribution in [0, 0.1) is 17.1 Å². The lowest BCUT2D eigenvalue weighted by Crippen LogP contribution is -2.25. The minimum absolute atomic E-state index is 0.280. The van der Waals surface area contributed by atoms with E-state index in [1.807, 2.05) is 11.0 Å². The third kappa shape index (κ3) is 4.65. The lowest BCUT2D eigenvalue weighted by atomic mass is 10.1. The van der Waals surface area contributed by atoms with Crippen LogP contribution in [0.1, 0.15) is 30.9 Å². The average Bonchev–Trinajstić information content (AvgIpc) is 3.25. The van der Waals surface area contributed by atoms with Gasteiger partial charge in [0.2, 0.25) is 0 Å². The van der Waals surface area contributed by atoms with E-state index in [1.54, 1.807) is 43.3 Å². The van der Waals surface area contributed by atoms with Gasteiger partial charge in [0.15, 0.2) is 6.61 Å². The number of nitrogens with one attached hydrogen (secondary N) is 1. The summed E-state index contributed by atoms with van der Waals surface area (Å²) in [5.41, 5.74) is 4.41. The molecule has 1 amide bonds. The predicted octanol–water partition coefficient (Wildman–Crippen LogP) is 3.22. The number of para-hydroxylation sites is 1. The highest BCUT2D eigenvalue weighted by atomic mass is 19.1. The van der Waals surface area contributed by atoms with Crippen molar-refractivity contribution in [1.82, 2.24) is 5.43 Å². The van der Waals surface area contributed by atoms with Gasteiger partial charge < -0.3 is 9.64 Å². The minimum Gasteiger partial charge on any atom is -0.482 e. The highest BCUT2D eigenvalue weighted by Crippen LogP contribution is 2.24. The number of hydrogen-bond donors (Lipinski definition) is 1. The quantitative estimate of drug-likeness (QED) is 0.617. The van der Waals surface area contributed by atoms with Gasteiger partial charge in [-0.2, -0.15) is 10.4 Å². The standard InChI is InChI=1S/C21H21FN4O2/c1-15(16-8-9-19(18(22)12-16)26-10-4-5-11-26)24-25-21(27)14-28-20-7-3-2-6-17(20)13-23/h2-3,6-9,12H,4-5,10-11,14H2,1H3,(H,25,27)/b24-15-. The molecule has 0 atom stereocenters. The van der Waals surface area contributed by atoms with Crippen molar-refractivity contribution in [3.63, 3.8) is 0 Å². The van der Waals surface area contributed by atoms with Crippen LogP contribution in [0.5, 0.6) is 5.75 Å². The zero-order chi connectivity index (χ0) is 19.9. The number of hydrazone groups is 1. The molecular weight excluding hydrogens is 359 g/mol. The fourth-order valence-electron chi connectivity index (χ4n) is 3.02. The fourth-order valence-corrected chi connectivity index (χ4v) is 3.02. The Morgan fingerprint density at radius 1 is 1.29 bits per heavy atom. The van der Waals surface area contributed by atoms with E-state index in [-0.39, 0.29) is 12.4 Å². The van der Waals surface area contributed by atoms with Gasteiger partial charge in [-0.05, 0) is 44.0 Å². The number of amides is 1. The van der Waals surface area contributed by atoms with Crippen LogP contribution in [0.4, 0.5) is 10.1 Å². The number of halogens is 1. The summed E-state index contributed by atoms with van der Waals surface area (Å²) in [6.07, 6.45) is 2.16. The SMILES string of the molecule is C/C(=N/NC(=O)COc1ccccc1C#N)c1ccc(N2CCCC2)c(F)c1. The summed E-state index contributed by atoms with van der Waals surface area (Å²) in [5, 5.41) is 13.0. The maximum Gasteiger partial charge on any atom is 0.277 e. The first-order valence-electron chi connectivity index (χ1n) is 9.08. The van der Waals surface area contributed by atoms with Crippen molar-refractivity contribution < 1.29 is 13.9 Å². The highest BCUT2D eigenvalue weighted by Gasteiger charge is 2.16. The lowest BCUT2D eigenvalue weighted by molar-refractivity contribution is -0.123. The molecule has 1 heterocycles. The van der Waals surface area contributed by atoms with E-state index < -0.39 is 5.91 Å². The summed E-state index contributed by atoms with van der Waals surface area (Å²) in [6.45, 7) is 3.15. The molecule has 144 valence electrons. The molecule has 0 radical (unpaired) electrons. The number of carbonyl (C=O) groups excluding carboxylic acids is 1. The van der Waals surface area contributed by atoms with Crippen LogP contribution in [0.25, 0.3) is 0 Å². The third-order valence-electron chi connectivity index (χ3n) is 4.53. The van der Waals surface area contributed by atoms with Gasteiger partial charge in [0, 0.05) is 18.7 Å². The van der Waals surface area contributed by atoms with Crippen molar-refractivity contribution in [2.45, 2.75) is 19.8 Å². The molecule has 2 aromatic rings. The number of hydrogen-bond acceptors (Lipinski definition) is 5. The summed E-state index contributed by atoms with van der Waals surface area (Å²) in [5.74, 6) is -0.432. The molecular formula is C21H21FN4O2. The highest BCUT2D eigenvalue weighted by molar-refractivity contribution is 5.99. The summed E-state index contributed by atoms with van der Waals surface area (Å²) in [7, 11) is 0. The van der Waals surface area contributed by atoms with Crippen molar-refractivity contribution >= 4 is 17.3 Å². The number of nitriles is 1. The normalized spacial score (nSPS) is 13.9. The summed E-state index contributed by atoms with van der Waals surface area (Å²) in [6, 6.07) is 13.6. The van der Waals surface area contributed by atoms with E-state index in [2.05, 4.69) is 10.5 Å². The molecule has 2 aromatic carbocycles. The van der Waals surface area contributed by atoms with Crippen molar-refractivity contribution in [1.29, 1.82) is 5.26 Å². The Kier molecular flexibility index (Phi) is 6.22. The number of anilines is 1. The van der Waals surface area contributed by atoms with E-state index in [1.165, 1.54) is 6.07 Å². The topological polar surface area (TPSA) is 77.7 Å². The molecule has 0 unspecified atom stereocenters. The van der Waals surface area contributed by atoms with Gasteiger partial charge in [0.25, 0.3) is 5.91 Å². The van der Waals surface area contributed by atoms with Gasteiger partial charge in [0.05, 0.1) is 17.0 Å². The molecule has 1 aliphatic heterocycles. The maximum atomic E-state index is 14.4. The van der Waals surface area contributed by atoms with Crippen LogP contribution in [0.3, 0.4) is 0 Å². The molecule has 1 fully saturated rings. The molecule has 1 N–H and O–H groups in total. The molecule has 0 aromatic heterocycles. The Morgan fingerprint density at radius 3 is 2.75 bits per heavy atom. The van der Waals surface area contributed by atoms with Gasteiger partial charge in [0.1, 0.15) is 17.6 Å². The summed E-state index contributed by atoms with van der Waals surface area (Å²) >= 11 is 0. The molecule has 0 bridgehead atoms. The first-order valence-corrected chi connectivity index (χ1v) is 9.08. The molecule has 6 nitrogen and oxygen atoms in total. The second-order valence-electron chi connectivity index (χ2n) is 6.49. The second-order valence-corrected chi connectivity index (χ2v) is 6.49. The van der Waals surface area contributed by atoms with Crippen LogP contribution in [-0.2, 0) is 4.79 Å². The van der Waals surface area contributed by atoms with Crippen molar-refractivity contribution in [2.75, 3.05) is 24.6 Å². The predicted molar refractivity (Wildman–Crippen MR) is 105 cm³/mol. The van der Waals surface area contributed by atoms with E-state index >= 15 is 0 Å². The van der Waals surface area contributed by atoms with Crippen LogP contribution in [-0.4, -0.2) is 31.3 Å². The molecule has 1 aliphatic rings. The van der Waals surface area contributed by atoms with Crippen molar-refractivity contribution in [3.8, 4) is 11.8 Å². The molecule has 0 saturated carbocycles. The maximum absolute atomic E-state index is 14.4. The first-order chi connectivity index (χ1) is 13.6. The Hall–Kier alpha value is -3.40. The monoisotopic (exact) mass is 380 g/mol. The van der Waals surface area contributed by atoms with Gasteiger partial charge in [-0.15, -0.1) is 0 Å². The summed E-state index contributed by atoms with van der Waals surface area (Å²) < 4.78 is 19.8. The van der Waals surface area contributed by atoms with Gasteiger partial charge >= 0.3 is 0 Å². The van der Waals surface area contributed by atoms with Crippen LogP contribution >= 0.6 is 0 Å². The van der Waals surface area contributed by atoms with E-state index in [0.29, 0.717) is 28.3 Å². The molecule has 0 aliphatic carbocycles. The molecule has 28 heavy (non-hydrogen) atoms. The molecule has 0 spiro atoms. The lowest BCUT2D eigenvalue weighted by Gasteiger charge is -2.18. The number of rotatable bonds is 6. The number of carbonyl (C=O) groups is 1. The molecule has 1 saturated heterocycles. The van der Waals surface area contributed by atoms with E-state index in [9.17, 15) is 9.18 Å². The Morgan fingerprint density at radius 2 is 2.04 bits per heavy atom. The zero-order valence-electron chi connectivity index (χ0n) is 15.6. The molecule has 7 heteroatoms. The first kappa shape index (κ1) is 19.4. The number of ether oxygens (including phenoxy) is 1. The van der Waals surface area contributed by atoms with Crippen LogP contribution < -0.4 is 15.1 Å². The van der Waals surface area contributed by atoms with Crippen LogP contribution in [0.2, 0.25) is 0 Å². The van der Waals surface area contributed by atoms with Gasteiger partial charge in [-0.3, -0.25) is 4.79 Å².